The van der Waals surface area contributed by atoms with Crippen LogP contribution in [0.5, 0.6) is 0 Å². The van der Waals surface area contributed by atoms with Crippen molar-refractivity contribution < 1.29 is 36.3 Å². The molecule has 2 rings (SSSR count). The van der Waals surface area contributed by atoms with E-state index in [0.29, 0.717) is 0 Å². The zero-order valence-electron chi connectivity index (χ0n) is 14.7. The van der Waals surface area contributed by atoms with Crippen LogP contribution in [-0.2, 0) is 18.8 Å². The van der Waals surface area contributed by atoms with Crippen molar-refractivity contribution in [2.45, 2.75) is 63.7 Å². The number of hydrogen-bond donors (Lipinski definition) is 0. The number of methoxy groups -OCH3 is 2. The van der Waals surface area contributed by atoms with E-state index in [-0.39, 0.29) is 12.8 Å². The molecule has 0 radical (unpaired) electrons. The Bertz CT molecular complexity index is 502. The maximum atomic E-state index is 14.7. The number of hydrogen-bond acceptors (Lipinski definition) is 4. The normalized spacial score (nSPS) is 27.0. The van der Waals surface area contributed by atoms with Gasteiger partial charge in [0.25, 0.3) is 0 Å². The summed E-state index contributed by atoms with van der Waals surface area (Å²) in [6, 6.07) is 0. The predicted octanol–water partition coefficient (Wildman–Crippen LogP) is 3.80. The van der Waals surface area contributed by atoms with Crippen molar-refractivity contribution >= 4 is 7.12 Å². The Morgan fingerprint density at radius 3 is 1.75 bits per heavy atom. The quantitative estimate of drug-likeness (QED) is 0.437. The smallest absolute Gasteiger partial charge is 0.398 e. The van der Waals surface area contributed by atoms with E-state index in [1.54, 1.807) is 27.7 Å². The van der Waals surface area contributed by atoms with Crippen LogP contribution >= 0.6 is 0 Å². The third-order valence-electron chi connectivity index (χ3n) is 5.29. The third-order valence-corrected chi connectivity index (χ3v) is 5.29. The standard InChI is InChI=1S/C15H23BF4O4/c1-12(2)13(3,4)24-16(23-12)11(17)10(15(18,19)20)9-7-14(8-9,21-5)22-6/h9H,7-8H2,1-6H3. The summed E-state index contributed by atoms with van der Waals surface area (Å²) in [5.41, 5.74) is -4.53. The maximum absolute atomic E-state index is 14.7. The SMILES string of the molecule is COC1(OC)CC(C(=C(F)B2OC(C)(C)C(C)(C)O2)C(F)(F)F)C1. The Morgan fingerprint density at radius 2 is 1.42 bits per heavy atom. The van der Waals surface area contributed by atoms with Gasteiger partial charge in [0.05, 0.1) is 16.8 Å². The molecule has 0 aromatic carbocycles. The summed E-state index contributed by atoms with van der Waals surface area (Å²) < 4.78 is 76.1. The molecule has 0 bridgehead atoms. The van der Waals surface area contributed by atoms with Gasteiger partial charge in [0, 0.05) is 33.0 Å². The number of ether oxygens (including phenoxy) is 2. The molecule has 0 unspecified atom stereocenters. The first-order valence-electron chi connectivity index (χ1n) is 7.71. The van der Waals surface area contributed by atoms with Gasteiger partial charge in [-0.25, -0.2) is 4.39 Å². The molecule has 0 amide bonds. The largest absolute Gasteiger partial charge is 0.525 e. The molecule has 4 nitrogen and oxygen atoms in total. The lowest BCUT2D eigenvalue weighted by Gasteiger charge is -2.46. The Morgan fingerprint density at radius 1 is 1.00 bits per heavy atom. The van der Waals surface area contributed by atoms with Gasteiger partial charge in [0.1, 0.15) is 5.73 Å². The maximum Gasteiger partial charge on any atom is 0.525 e. The highest BCUT2D eigenvalue weighted by atomic mass is 19.4. The zero-order chi connectivity index (χ0) is 18.6. The molecule has 1 aliphatic carbocycles. The minimum absolute atomic E-state index is 0.0816. The first-order valence-corrected chi connectivity index (χ1v) is 7.71. The average molecular weight is 354 g/mol. The molecule has 138 valence electrons. The molecular formula is C15H23BF4O4. The summed E-state index contributed by atoms with van der Waals surface area (Å²) >= 11 is 0. The van der Waals surface area contributed by atoms with Crippen LogP contribution in [-0.4, -0.2) is 44.5 Å². The molecule has 2 fully saturated rings. The average Bonchev–Trinajstić information content (AvgIpc) is 2.60. The van der Waals surface area contributed by atoms with Gasteiger partial charge >= 0.3 is 13.3 Å². The van der Waals surface area contributed by atoms with Gasteiger partial charge in [-0.15, -0.1) is 0 Å². The summed E-state index contributed by atoms with van der Waals surface area (Å²) in [7, 11) is 1.02. The third kappa shape index (κ3) is 3.23. The van der Waals surface area contributed by atoms with E-state index in [9.17, 15) is 17.6 Å². The number of halogens is 4. The summed E-state index contributed by atoms with van der Waals surface area (Å²) in [6.45, 7) is 6.60. The van der Waals surface area contributed by atoms with E-state index in [1.165, 1.54) is 14.2 Å². The van der Waals surface area contributed by atoms with Crippen molar-refractivity contribution in [3.05, 3.63) is 11.3 Å². The van der Waals surface area contributed by atoms with E-state index in [1.807, 2.05) is 0 Å². The second-order valence-electron chi connectivity index (χ2n) is 7.27. The van der Waals surface area contributed by atoms with Gasteiger partial charge in [-0.3, -0.25) is 0 Å². The fourth-order valence-electron chi connectivity index (χ4n) is 2.95. The van der Waals surface area contributed by atoms with Crippen molar-refractivity contribution in [1.82, 2.24) is 0 Å². The predicted molar refractivity (Wildman–Crippen MR) is 79.7 cm³/mol. The monoisotopic (exact) mass is 354 g/mol. The minimum Gasteiger partial charge on any atom is -0.398 e. The minimum atomic E-state index is -4.83. The topological polar surface area (TPSA) is 36.9 Å². The van der Waals surface area contributed by atoms with Crippen molar-refractivity contribution in [3.8, 4) is 0 Å². The molecular weight excluding hydrogens is 331 g/mol. The highest BCUT2D eigenvalue weighted by Gasteiger charge is 2.59. The highest BCUT2D eigenvalue weighted by molar-refractivity contribution is 6.54. The van der Waals surface area contributed by atoms with E-state index in [2.05, 4.69) is 0 Å². The van der Waals surface area contributed by atoms with Crippen molar-refractivity contribution in [2.24, 2.45) is 5.92 Å². The summed E-state index contributed by atoms with van der Waals surface area (Å²) in [4.78, 5) is 0. The molecule has 0 atom stereocenters. The zero-order valence-corrected chi connectivity index (χ0v) is 14.7. The summed E-state index contributed by atoms with van der Waals surface area (Å²) in [5.74, 6) is -2.17. The van der Waals surface area contributed by atoms with Crippen molar-refractivity contribution in [3.63, 3.8) is 0 Å². The fraction of sp³-hybridized carbons (Fsp3) is 0.867. The molecule has 2 aliphatic rings. The Kier molecular flexibility index (Phi) is 4.89. The Labute approximate surface area is 139 Å². The van der Waals surface area contributed by atoms with Crippen LogP contribution in [0.1, 0.15) is 40.5 Å². The molecule has 0 aromatic rings. The highest BCUT2D eigenvalue weighted by Crippen LogP contribution is 2.51. The molecule has 1 saturated carbocycles. The number of rotatable bonds is 4. The molecule has 1 saturated heterocycles. The van der Waals surface area contributed by atoms with E-state index >= 15 is 0 Å². The lowest BCUT2D eigenvalue weighted by atomic mass is 9.70. The molecule has 0 spiro atoms. The van der Waals surface area contributed by atoms with Crippen LogP contribution in [0.3, 0.4) is 0 Å². The number of allylic oxidation sites excluding steroid dienone is 1. The molecule has 24 heavy (non-hydrogen) atoms. The van der Waals surface area contributed by atoms with Crippen LogP contribution in [0.15, 0.2) is 11.3 Å². The van der Waals surface area contributed by atoms with Crippen LogP contribution in [0.4, 0.5) is 17.6 Å². The van der Waals surface area contributed by atoms with E-state index in [4.69, 9.17) is 18.8 Å². The summed E-state index contributed by atoms with van der Waals surface area (Å²) in [6.07, 6.45) is -4.99. The van der Waals surface area contributed by atoms with Gasteiger partial charge < -0.3 is 18.8 Å². The van der Waals surface area contributed by atoms with Gasteiger partial charge in [0.2, 0.25) is 0 Å². The van der Waals surface area contributed by atoms with Crippen LogP contribution < -0.4 is 0 Å². The van der Waals surface area contributed by atoms with Gasteiger partial charge in [-0.1, -0.05) is 0 Å². The fourth-order valence-corrected chi connectivity index (χ4v) is 2.95. The molecule has 9 heteroatoms. The van der Waals surface area contributed by atoms with Crippen molar-refractivity contribution in [1.29, 1.82) is 0 Å². The van der Waals surface area contributed by atoms with Crippen LogP contribution in [0, 0.1) is 5.92 Å². The van der Waals surface area contributed by atoms with Gasteiger partial charge in [-0.2, -0.15) is 13.2 Å². The van der Waals surface area contributed by atoms with E-state index < -0.39 is 47.5 Å². The second-order valence-corrected chi connectivity index (χ2v) is 7.27. The lowest BCUT2D eigenvalue weighted by Crippen LogP contribution is -2.50. The molecule has 0 N–H and O–H groups in total. The summed E-state index contributed by atoms with van der Waals surface area (Å²) in [5, 5.41) is 0. The van der Waals surface area contributed by atoms with E-state index in [0.717, 1.165) is 0 Å². The van der Waals surface area contributed by atoms with Gasteiger partial charge in [-0.05, 0) is 27.7 Å². The first-order chi connectivity index (χ1) is 10.8. The van der Waals surface area contributed by atoms with Crippen LogP contribution in [0.2, 0.25) is 0 Å². The molecule has 0 aromatic heterocycles. The Hall–Kier alpha value is -0.635. The first kappa shape index (κ1) is 19.7. The lowest BCUT2D eigenvalue weighted by molar-refractivity contribution is -0.270. The molecule has 1 aliphatic heterocycles. The van der Waals surface area contributed by atoms with Crippen molar-refractivity contribution in [2.75, 3.05) is 14.2 Å². The number of alkyl halides is 3. The van der Waals surface area contributed by atoms with Gasteiger partial charge in [0.15, 0.2) is 5.79 Å². The molecule has 1 heterocycles. The second kappa shape index (κ2) is 5.97. The Balaban J connectivity index is 2.31. The van der Waals surface area contributed by atoms with Crippen LogP contribution in [0.25, 0.3) is 0 Å².